The second-order valence-electron chi connectivity index (χ2n) is 44.7. The van der Waals surface area contributed by atoms with Crippen LogP contribution in [-0.4, -0.2) is 241 Å². The number of rotatable bonds is 1. The molecule has 14 rings (SSSR count). The lowest BCUT2D eigenvalue weighted by Gasteiger charge is -2.42. The Bertz CT molecular complexity index is 2770. The van der Waals surface area contributed by atoms with Gasteiger partial charge in [-0.3, -0.25) is 49.0 Å². The monoisotopic (exact) mass is 1550 g/mol. The van der Waals surface area contributed by atoms with E-state index >= 15 is 0 Å². The Morgan fingerprint density at radius 2 is 0.618 bits per heavy atom. The van der Waals surface area contributed by atoms with Gasteiger partial charge >= 0.3 is 0 Å². The predicted molar refractivity (Wildman–Crippen MR) is 466 cm³/mol. The first-order valence-corrected chi connectivity index (χ1v) is 44.3. The number of alkyl halides is 4. The Hall–Kier alpha value is -2.28. The number of fused-ring (bicyclic) bond motifs is 3. The number of nitrogens with zero attached hydrogens (tertiary/aromatic N) is 10. The minimum atomic E-state index is -2.45. The normalized spacial score (nSPS) is 26.1. The number of hydrogen-bond donors (Lipinski definition) is 0. The van der Waals surface area contributed by atoms with E-state index in [1.807, 2.05) is 25.7 Å². The van der Waals surface area contributed by atoms with E-state index in [0.29, 0.717) is 64.4 Å². The average Bonchev–Trinajstić information content (AvgIpc) is 1.62. The molecule has 5 atom stereocenters. The van der Waals surface area contributed by atoms with Gasteiger partial charge in [0.2, 0.25) is 0 Å². The van der Waals surface area contributed by atoms with Crippen LogP contribution in [0.5, 0.6) is 0 Å². The van der Waals surface area contributed by atoms with Gasteiger partial charge in [-0.1, -0.05) is 67.4 Å². The summed E-state index contributed by atoms with van der Waals surface area (Å²) in [7, 11) is 0. The molecule has 12 aliphatic rings. The van der Waals surface area contributed by atoms with E-state index in [0.717, 1.165) is 63.1 Å². The number of hydrogen-bond acceptors (Lipinski definition) is 11. The minimum absolute atomic E-state index is 0.0181. The molecule has 0 bridgehead atoms. The third-order valence-corrected chi connectivity index (χ3v) is 25.4. The maximum absolute atomic E-state index is 12.7. The van der Waals surface area contributed by atoms with Crippen LogP contribution in [0.4, 0.5) is 17.6 Å². The molecular weight excluding hydrogens is 1370 g/mol. The van der Waals surface area contributed by atoms with Crippen molar-refractivity contribution in [2.75, 3.05) is 124 Å². The van der Waals surface area contributed by atoms with Gasteiger partial charge in [0.25, 0.3) is 11.8 Å². The lowest BCUT2D eigenvalue weighted by atomic mass is 9.99. The quantitative estimate of drug-likeness (QED) is 0.257. The first-order chi connectivity index (χ1) is 50.3. The highest BCUT2D eigenvalue weighted by Crippen LogP contribution is 2.47. The van der Waals surface area contributed by atoms with Gasteiger partial charge in [0.15, 0.2) is 0 Å². The van der Waals surface area contributed by atoms with Crippen LogP contribution in [0.1, 0.15) is 327 Å². The molecule has 11 fully saturated rings. The Balaban J connectivity index is 0.000000220. The number of morpholine rings is 1. The van der Waals surface area contributed by atoms with Crippen LogP contribution in [0, 0.1) is 23.7 Å². The van der Waals surface area contributed by atoms with Gasteiger partial charge in [0.05, 0.1) is 19.8 Å². The Labute approximate surface area is 677 Å². The minimum Gasteiger partial charge on any atom is -0.379 e. The third-order valence-electron chi connectivity index (χ3n) is 25.4. The lowest BCUT2D eigenvalue weighted by molar-refractivity contribution is -0.0713. The molecule has 2 aromatic rings. The average molecular weight is 1550 g/mol. The molecule has 0 aromatic heterocycles. The predicted octanol–water partition coefficient (Wildman–Crippen LogP) is 22.1. The van der Waals surface area contributed by atoms with Gasteiger partial charge in [-0.15, -0.1) is 0 Å². The third kappa shape index (κ3) is 34.7. The Morgan fingerprint density at radius 3 is 0.927 bits per heavy atom. The summed E-state index contributed by atoms with van der Waals surface area (Å²) in [6.45, 7) is 89.4. The maximum atomic E-state index is 12.7. The second kappa shape index (κ2) is 41.4. The molecule has 0 amide bonds. The summed E-state index contributed by atoms with van der Waals surface area (Å²) in [6, 6.07) is 20.3. The zero-order chi connectivity index (χ0) is 82.9. The zero-order valence-corrected chi connectivity index (χ0v) is 77.4. The molecule has 110 heavy (non-hydrogen) atoms. The van der Waals surface area contributed by atoms with E-state index in [1.54, 1.807) is 0 Å². The van der Waals surface area contributed by atoms with Crippen LogP contribution < -0.4 is 0 Å². The standard InChI is InChI=1S/C14H21N.C12H17N.C11H21N.C9H17F2N.C9H17N.C9H19N.C8H15F2N.C8H17NO.C8H17N.C7H15N/c1-14(2,3)15-11-7-10-13(15)12-8-5-4-6-9-12;1-12(2,3)13-8-10-6-4-5-7-11(10)9-13;1-11(2,3)12-7-9-5-4-6-10(9)8-12;1-8(2,3)12-6-4-9(10,11)5-7-12;1-9(2,3)10-5-7-4-8(7)6-10;1-9(2,3)10-7-5-4-6-8-10;1-7(2,3)11-5-4-8(9,10)6-11;1-8(2,3)9-4-6-10-7-5-9;1-8(2,3)9-6-4-5-7-9;1-7(2,3)8-5-4-6-8/h4-6,8-9,13H,7,10-11H2,1-3H3;4-7H,8-9H2,1-3H3;9-10H,4-8H2,1-3H3;4-7H2,1-3H3;7-8H,4-6H2,1-3H3;4-8H2,1-3H3;4-6H2,1-3H3;4-7H2,1-3H3;4-7H2,1-3H3;4-6H2,1-3H3. The number of piperidine rings is 3. The lowest BCUT2D eigenvalue weighted by Crippen LogP contribution is -2.49. The van der Waals surface area contributed by atoms with Crippen molar-refractivity contribution < 1.29 is 22.3 Å². The first kappa shape index (κ1) is 98.3. The molecule has 9 saturated heterocycles. The highest BCUT2D eigenvalue weighted by molar-refractivity contribution is 5.30. The highest BCUT2D eigenvalue weighted by Gasteiger charge is 2.48. The smallest absolute Gasteiger partial charge is 0.261 e. The molecule has 2 saturated carbocycles. The number of likely N-dealkylation sites (tertiary alicyclic amines) is 8. The molecule has 15 heteroatoms. The summed E-state index contributed by atoms with van der Waals surface area (Å²) >= 11 is 0. The highest BCUT2D eigenvalue weighted by atomic mass is 19.3. The van der Waals surface area contributed by atoms with Gasteiger partial charge in [-0.25, -0.2) is 17.6 Å². The van der Waals surface area contributed by atoms with Crippen LogP contribution in [0.2, 0.25) is 0 Å². The van der Waals surface area contributed by atoms with Crippen LogP contribution in [0.3, 0.4) is 0 Å². The summed E-state index contributed by atoms with van der Waals surface area (Å²) in [5.74, 6) is -0.610. The molecular formula is C95H176F4N10O. The maximum Gasteiger partial charge on any atom is 0.261 e. The van der Waals surface area contributed by atoms with Gasteiger partial charge in [-0.05, 0) is 358 Å². The summed E-state index contributed by atoms with van der Waals surface area (Å²) < 4.78 is 56.1. The van der Waals surface area contributed by atoms with E-state index in [2.05, 4.69) is 286 Å². The first-order valence-electron chi connectivity index (χ1n) is 44.3. The van der Waals surface area contributed by atoms with E-state index in [1.165, 1.54) is 166 Å². The van der Waals surface area contributed by atoms with Crippen molar-refractivity contribution in [1.82, 2.24) is 49.0 Å². The van der Waals surface area contributed by atoms with Crippen LogP contribution in [0.25, 0.3) is 0 Å². The van der Waals surface area contributed by atoms with Gasteiger partial charge in [-0.2, -0.15) is 0 Å². The molecule has 11 nitrogen and oxygen atoms in total. The molecule has 0 N–H and O–H groups in total. The van der Waals surface area contributed by atoms with E-state index in [-0.39, 0.29) is 42.4 Å². The van der Waals surface area contributed by atoms with Crippen LogP contribution >= 0.6 is 0 Å². The van der Waals surface area contributed by atoms with Crippen LogP contribution in [0.15, 0.2) is 54.6 Å². The molecule has 10 aliphatic heterocycles. The molecule has 2 aromatic carbocycles. The van der Waals surface area contributed by atoms with Crippen molar-refractivity contribution >= 4 is 0 Å². The largest absolute Gasteiger partial charge is 0.379 e. The summed E-state index contributed by atoms with van der Waals surface area (Å²) in [5, 5.41) is 0. The summed E-state index contributed by atoms with van der Waals surface area (Å²) in [4.78, 5) is 24.4. The number of ether oxygens (including phenoxy) is 1. The van der Waals surface area contributed by atoms with Crippen molar-refractivity contribution in [1.29, 1.82) is 0 Å². The van der Waals surface area contributed by atoms with Crippen LogP contribution in [-0.2, 0) is 17.8 Å². The molecule has 2 aliphatic carbocycles. The molecule has 5 unspecified atom stereocenters. The van der Waals surface area contributed by atoms with E-state index < -0.39 is 11.8 Å². The van der Waals surface area contributed by atoms with Crippen molar-refractivity contribution in [3.8, 4) is 0 Å². The molecule has 640 valence electrons. The SMILES string of the molecule is CC(C)(C)N1CC2CC2C1.CC(C)(C)N1CC2CCCC2C1.CC(C)(C)N1CCC(F)(F)C1.CC(C)(C)N1CCC(F)(F)CC1.CC(C)(C)N1CCC1.CC(C)(C)N1CCCC1.CC(C)(C)N1CCCC1c1ccccc1.CC(C)(C)N1CCCCC1.CC(C)(C)N1CCOCC1.CC(C)(C)N1Cc2ccccc2C1. The topological polar surface area (TPSA) is 41.6 Å². The fourth-order valence-corrected chi connectivity index (χ4v) is 17.1. The zero-order valence-electron chi connectivity index (χ0n) is 77.4. The van der Waals surface area contributed by atoms with Crippen molar-refractivity contribution in [3.63, 3.8) is 0 Å². The summed E-state index contributed by atoms with van der Waals surface area (Å²) in [6.07, 6.45) is 17.1. The second-order valence-corrected chi connectivity index (χ2v) is 44.7. The van der Waals surface area contributed by atoms with Gasteiger partial charge in [0.1, 0.15) is 0 Å². The molecule has 0 spiro atoms. The van der Waals surface area contributed by atoms with Crippen molar-refractivity contribution in [2.24, 2.45) is 23.7 Å². The number of halogens is 4. The summed E-state index contributed by atoms with van der Waals surface area (Å²) in [5.41, 5.74) is 7.38. The van der Waals surface area contributed by atoms with Crippen molar-refractivity contribution in [3.05, 3.63) is 71.3 Å². The van der Waals surface area contributed by atoms with E-state index in [4.69, 9.17) is 4.74 Å². The molecule has 10 heterocycles. The molecule has 0 radical (unpaired) electrons. The van der Waals surface area contributed by atoms with Crippen molar-refractivity contribution in [2.45, 2.75) is 390 Å². The Kier molecular flexibility index (Phi) is 37.0. The fraction of sp³-hybridized carbons (Fsp3) is 0.874. The van der Waals surface area contributed by atoms with E-state index in [9.17, 15) is 17.6 Å². The Morgan fingerprint density at radius 1 is 0.291 bits per heavy atom. The van der Waals surface area contributed by atoms with Gasteiger partial charge < -0.3 is 4.74 Å². The van der Waals surface area contributed by atoms with Gasteiger partial charge in [0, 0.05) is 153 Å². The number of benzene rings is 2. The fourth-order valence-electron chi connectivity index (χ4n) is 17.1.